The molecule has 0 N–H and O–H groups in total. The van der Waals surface area contributed by atoms with Gasteiger partial charge in [0.1, 0.15) is 17.8 Å². The Balaban J connectivity index is 1.75. The van der Waals surface area contributed by atoms with E-state index in [0.29, 0.717) is 35.5 Å². The molecule has 4 aromatic rings. The number of rotatable bonds is 7. The molecule has 0 saturated heterocycles. The first-order valence-corrected chi connectivity index (χ1v) is 11.1. The Morgan fingerprint density at radius 1 is 1.07 bits per heavy atom. The maximum atomic E-state index is 13.3. The van der Waals surface area contributed by atoms with E-state index in [1.165, 1.54) is 22.3 Å². The van der Waals surface area contributed by atoms with Crippen molar-refractivity contribution < 1.29 is 9.18 Å². The monoisotopic (exact) mass is 419 g/mol. The molecule has 0 aliphatic heterocycles. The molecule has 2 aromatic carbocycles. The molecule has 0 radical (unpaired) electrons. The number of hydrogen-bond donors (Lipinski definition) is 0. The van der Waals surface area contributed by atoms with Gasteiger partial charge in [0.15, 0.2) is 0 Å². The largest absolute Gasteiger partial charge is 0.303 e. The van der Waals surface area contributed by atoms with Crippen molar-refractivity contribution in [3.8, 4) is 16.9 Å². The zero-order valence-electron chi connectivity index (χ0n) is 16.1. The van der Waals surface area contributed by atoms with E-state index >= 15 is 0 Å². The van der Waals surface area contributed by atoms with Gasteiger partial charge in [-0.05, 0) is 49.7 Å². The molecule has 0 amide bonds. The molecular formula is C23H19FN3O2P. The smallest absolute Gasteiger partial charge is 0.281 e. The van der Waals surface area contributed by atoms with Crippen molar-refractivity contribution in [3.63, 3.8) is 0 Å². The Hall–Kier alpha value is -3.37. The Kier molecular flexibility index (Phi) is 5.96. The van der Waals surface area contributed by atoms with E-state index in [9.17, 15) is 14.0 Å². The first kappa shape index (κ1) is 19.9. The molecule has 7 heteroatoms. The van der Waals surface area contributed by atoms with Crippen LogP contribution in [0.15, 0.2) is 77.6 Å². The van der Waals surface area contributed by atoms with E-state index in [-0.39, 0.29) is 11.4 Å². The first-order chi connectivity index (χ1) is 14.6. The molecule has 0 fully saturated rings. The fraction of sp³-hybridized carbons (Fsp3) is 0.130. The zero-order chi connectivity index (χ0) is 20.9. The second kappa shape index (κ2) is 8.97. The van der Waals surface area contributed by atoms with Crippen molar-refractivity contribution in [2.24, 2.45) is 0 Å². The van der Waals surface area contributed by atoms with Crippen LogP contribution in [0.25, 0.3) is 16.9 Å². The summed E-state index contributed by atoms with van der Waals surface area (Å²) in [6, 6.07) is 15.8. The molecule has 30 heavy (non-hydrogen) atoms. The molecule has 1 unspecified atom stereocenters. The second-order valence-corrected chi connectivity index (χ2v) is 8.53. The lowest BCUT2D eigenvalue weighted by atomic mass is 10.2. The Labute approximate surface area is 174 Å². The summed E-state index contributed by atoms with van der Waals surface area (Å²) in [6.45, 7) is 0. The lowest BCUT2D eigenvalue weighted by Crippen LogP contribution is -2.22. The third-order valence-corrected chi connectivity index (χ3v) is 6.35. The third kappa shape index (κ3) is 4.44. The predicted octanol–water partition coefficient (Wildman–Crippen LogP) is 4.60. The highest BCUT2D eigenvalue weighted by Crippen LogP contribution is 2.33. The summed E-state index contributed by atoms with van der Waals surface area (Å²) < 4.78 is 19.4. The lowest BCUT2D eigenvalue weighted by molar-refractivity contribution is -0.107. The number of halogens is 1. The van der Waals surface area contributed by atoms with Crippen LogP contribution in [0.3, 0.4) is 0 Å². The van der Waals surface area contributed by atoms with E-state index in [2.05, 4.69) is 21.9 Å². The molecule has 2 heterocycles. The molecule has 5 nitrogen and oxygen atoms in total. The van der Waals surface area contributed by atoms with Gasteiger partial charge in [0, 0.05) is 36.2 Å². The molecule has 2 aromatic heterocycles. The molecule has 4 rings (SSSR count). The number of carbonyl (C=O) groups is 1. The van der Waals surface area contributed by atoms with Crippen molar-refractivity contribution in [2.75, 3.05) is 0 Å². The molecular weight excluding hydrogens is 400 g/mol. The van der Waals surface area contributed by atoms with Crippen molar-refractivity contribution in [2.45, 2.75) is 19.0 Å². The quantitative estimate of drug-likeness (QED) is 0.411. The maximum absolute atomic E-state index is 13.3. The van der Waals surface area contributed by atoms with Gasteiger partial charge in [0.2, 0.25) is 0 Å². The number of benzene rings is 2. The normalized spacial score (nSPS) is 11.4. The fourth-order valence-electron chi connectivity index (χ4n) is 3.19. The topological polar surface area (TPSA) is 64.8 Å². The lowest BCUT2D eigenvalue weighted by Gasteiger charge is -2.10. The van der Waals surface area contributed by atoms with Gasteiger partial charge < -0.3 is 4.79 Å². The average Bonchev–Trinajstić information content (AvgIpc) is 3.22. The SMILES string of the molecule is O=CCCc1cn(-c2ccc(F)cc2)c(=O)c(-c2cnp(Cc3ccccc3)c2)n1. The van der Waals surface area contributed by atoms with Crippen LogP contribution in [0.4, 0.5) is 4.39 Å². The third-order valence-electron chi connectivity index (χ3n) is 4.67. The molecule has 0 bridgehead atoms. The first-order valence-electron chi connectivity index (χ1n) is 9.53. The summed E-state index contributed by atoms with van der Waals surface area (Å²) in [7, 11) is -0.772. The van der Waals surface area contributed by atoms with Crippen molar-refractivity contribution in [3.05, 3.63) is 100 Å². The van der Waals surface area contributed by atoms with Crippen LogP contribution in [-0.4, -0.2) is 20.6 Å². The molecule has 1 atom stereocenters. The predicted molar refractivity (Wildman–Crippen MR) is 116 cm³/mol. The van der Waals surface area contributed by atoms with Crippen LogP contribution in [0.5, 0.6) is 0 Å². The van der Waals surface area contributed by atoms with Gasteiger partial charge in [-0.15, -0.1) is 0 Å². The Bertz CT molecular complexity index is 1220. The molecule has 0 spiro atoms. The zero-order valence-corrected chi connectivity index (χ0v) is 17.0. The van der Waals surface area contributed by atoms with Crippen molar-refractivity contribution in [1.29, 1.82) is 0 Å². The van der Waals surface area contributed by atoms with E-state index in [1.807, 2.05) is 24.0 Å². The summed E-state index contributed by atoms with van der Waals surface area (Å²) in [5.41, 5.74) is 3.03. The minimum Gasteiger partial charge on any atom is -0.303 e. The maximum Gasteiger partial charge on any atom is 0.281 e. The van der Waals surface area contributed by atoms with Crippen LogP contribution in [-0.2, 0) is 17.4 Å². The summed E-state index contributed by atoms with van der Waals surface area (Å²) >= 11 is 0. The molecule has 0 aliphatic rings. The fourth-order valence-corrected chi connectivity index (χ4v) is 4.80. The highest BCUT2D eigenvalue weighted by Gasteiger charge is 2.14. The van der Waals surface area contributed by atoms with E-state index in [1.54, 1.807) is 24.5 Å². The molecule has 150 valence electrons. The minimum atomic E-state index is -0.772. The number of aldehydes is 1. The number of aromatic nitrogens is 3. The molecule has 0 saturated carbocycles. The van der Waals surface area contributed by atoms with Crippen molar-refractivity contribution >= 4 is 14.0 Å². The summed E-state index contributed by atoms with van der Waals surface area (Å²) in [6.07, 6.45) is 5.67. The van der Waals surface area contributed by atoms with Gasteiger partial charge in [0.05, 0.1) is 5.69 Å². The Morgan fingerprint density at radius 3 is 2.57 bits per heavy atom. The molecule has 0 aliphatic carbocycles. The number of nitrogens with zero attached hydrogens (tertiary/aromatic N) is 3. The van der Waals surface area contributed by atoms with E-state index in [0.717, 1.165) is 12.4 Å². The van der Waals surface area contributed by atoms with Crippen LogP contribution < -0.4 is 5.56 Å². The summed E-state index contributed by atoms with van der Waals surface area (Å²) in [5.74, 6) is 1.63. The number of carbonyl (C=O) groups excluding carboxylic acids is 1. The number of aryl methyl sites for hydroxylation is 1. The van der Waals surface area contributed by atoms with Crippen molar-refractivity contribution in [1.82, 2.24) is 14.3 Å². The second-order valence-electron chi connectivity index (χ2n) is 6.85. The van der Waals surface area contributed by atoms with Crippen LogP contribution in [0.2, 0.25) is 0 Å². The highest BCUT2D eigenvalue weighted by atomic mass is 31.1. The van der Waals surface area contributed by atoms with Gasteiger partial charge >= 0.3 is 0 Å². The summed E-state index contributed by atoms with van der Waals surface area (Å²) in [5, 5.41) is 0. The average molecular weight is 419 g/mol. The van der Waals surface area contributed by atoms with E-state index < -0.39 is 7.69 Å². The van der Waals surface area contributed by atoms with Gasteiger partial charge in [-0.25, -0.2) is 14.1 Å². The van der Waals surface area contributed by atoms with Gasteiger partial charge in [-0.3, -0.25) is 9.36 Å². The number of hydrogen-bond acceptors (Lipinski definition) is 4. The van der Waals surface area contributed by atoms with Gasteiger partial charge in [0.25, 0.3) is 5.56 Å². The van der Waals surface area contributed by atoms with Gasteiger partial charge in [-0.2, -0.15) is 0 Å². The van der Waals surface area contributed by atoms with E-state index in [4.69, 9.17) is 0 Å². The minimum absolute atomic E-state index is 0.296. The Morgan fingerprint density at radius 2 is 1.83 bits per heavy atom. The summed E-state index contributed by atoms with van der Waals surface area (Å²) in [4.78, 5) is 28.5. The van der Waals surface area contributed by atoms with Crippen LogP contribution in [0, 0.1) is 5.82 Å². The standard InChI is InChI=1S/C23H19FN3O2P/c24-19-8-10-21(11-9-19)27-14-20(7-4-12-28)26-22(23(27)29)18-13-25-30(16-18)15-17-5-2-1-3-6-17/h1-3,5-6,8-14,16H,4,7,15H2. The van der Waals surface area contributed by atoms with Crippen LogP contribution in [0.1, 0.15) is 17.7 Å². The van der Waals surface area contributed by atoms with Crippen LogP contribution >= 0.6 is 7.69 Å². The van der Waals surface area contributed by atoms with Gasteiger partial charge in [-0.1, -0.05) is 30.3 Å². The highest BCUT2D eigenvalue weighted by molar-refractivity contribution is 7.44.